The fourth-order valence-electron chi connectivity index (χ4n) is 2.84. The van der Waals surface area contributed by atoms with Gasteiger partial charge in [-0.15, -0.1) is 0 Å². The standard InChI is InChI=1S/C19H41N/c1-3-4-5-6-7-8-9-10-11-12-13-14-15-16-17-18-19(2)20/h19H,3-18,20H2,1-2H3/t19-/m0/s1. The van der Waals surface area contributed by atoms with Crippen LogP contribution in [0.3, 0.4) is 0 Å². The summed E-state index contributed by atoms with van der Waals surface area (Å²) in [6.45, 7) is 4.41. The Morgan fingerprint density at radius 3 is 1.15 bits per heavy atom. The molecule has 0 saturated heterocycles. The first-order valence-corrected chi connectivity index (χ1v) is 9.53. The van der Waals surface area contributed by atoms with Crippen LogP contribution in [0.2, 0.25) is 0 Å². The van der Waals surface area contributed by atoms with Crippen LogP contribution in [-0.4, -0.2) is 6.04 Å². The van der Waals surface area contributed by atoms with E-state index in [4.69, 9.17) is 5.73 Å². The van der Waals surface area contributed by atoms with Gasteiger partial charge in [0, 0.05) is 6.04 Å². The summed E-state index contributed by atoms with van der Waals surface area (Å²) in [5.41, 5.74) is 5.75. The van der Waals surface area contributed by atoms with Gasteiger partial charge in [-0.1, -0.05) is 103 Å². The lowest BCUT2D eigenvalue weighted by atomic mass is 10.0. The second-order valence-corrected chi connectivity index (χ2v) is 6.72. The lowest BCUT2D eigenvalue weighted by Crippen LogP contribution is -2.13. The van der Waals surface area contributed by atoms with Gasteiger partial charge in [-0.3, -0.25) is 0 Å². The molecule has 122 valence electrons. The van der Waals surface area contributed by atoms with Crippen LogP contribution in [0.5, 0.6) is 0 Å². The van der Waals surface area contributed by atoms with Crippen molar-refractivity contribution in [1.29, 1.82) is 0 Å². The molecule has 0 rings (SSSR count). The first-order chi connectivity index (χ1) is 9.77. The van der Waals surface area contributed by atoms with Gasteiger partial charge in [0.05, 0.1) is 0 Å². The third-order valence-electron chi connectivity index (χ3n) is 4.26. The summed E-state index contributed by atoms with van der Waals surface area (Å²) in [6, 6.07) is 0.400. The minimum atomic E-state index is 0.400. The topological polar surface area (TPSA) is 26.0 Å². The third-order valence-corrected chi connectivity index (χ3v) is 4.26. The molecule has 0 heterocycles. The largest absolute Gasteiger partial charge is 0.328 e. The SMILES string of the molecule is CCCCCCCCCCCCCCCCC[C@H](C)N. The van der Waals surface area contributed by atoms with Crippen molar-refractivity contribution >= 4 is 0 Å². The van der Waals surface area contributed by atoms with Crippen molar-refractivity contribution in [3.63, 3.8) is 0 Å². The molecule has 0 aliphatic heterocycles. The van der Waals surface area contributed by atoms with Gasteiger partial charge < -0.3 is 5.73 Å². The number of hydrogen-bond donors (Lipinski definition) is 1. The fraction of sp³-hybridized carbons (Fsp3) is 1.00. The molecule has 0 saturated carbocycles. The van der Waals surface area contributed by atoms with Crippen LogP contribution in [0.15, 0.2) is 0 Å². The summed E-state index contributed by atoms with van der Waals surface area (Å²) in [5, 5.41) is 0. The molecule has 1 atom stereocenters. The van der Waals surface area contributed by atoms with E-state index >= 15 is 0 Å². The van der Waals surface area contributed by atoms with E-state index in [0.717, 1.165) is 0 Å². The van der Waals surface area contributed by atoms with Gasteiger partial charge in [0.25, 0.3) is 0 Å². The van der Waals surface area contributed by atoms with E-state index in [1.807, 2.05) is 0 Å². The Labute approximate surface area is 129 Å². The maximum atomic E-state index is 5.75. The molecule has 0 spiro atoms. The Kier molecular flexibility index (Phi) is 17.0. The van der Waals surface area contributed by atoms with E-state index in [2.05, 4.69) is 13.8 Å². The van der Waals surface area contributed by atoms with Crippen molar-refractivity contribution in [3.8, 4) is 0 Å². The lowest BCUT2D eigenvalue weighted by molar-refractivity contribution is 0.522. The molecular weight excluding hydrogens is 242 g/mol. The maximum absolute atomic E-state index is 5.75. The van der Waals surface area contributed by atoms with Crippen molar-refractivity contribution in [3.05, 3.63) is 0 Å². The summed E-state index contributed by atoms with van der Waals surface area (Å²) in [5.74, 6) is 0. The Bertz CT molecular complexity index is 165. The van der Waals surface area contributed by atoms with E-state index in [1.54, 1.807) is 0 Å². The number of unbranched alkanes of at least 4 members (excludes halogenated alkanes) is 14. The van der Waals surface area contributed by atoms with E-state index in [1.165, 1.54) is 103 Å². The second-order valence-electron chi connectivity index (χ2n) is 6.72. The highest BCUT2D eigenvalue weighted by Gasteiger charge is 1.95. The quantitative estimate of drug-likeness (QED) is 0.317. The molecule has 2 N–H and O–H groups in total. The van der Waals surface area contributed by atoms with E-state index in [-0.39, 0.29) is 0 Å². The molecule has 20 heavy (non-hydrogen) atoms. The van der Waals surface area contributed by atoms with E-state index < -0.39 is 0 Å². The van der Waals surface area contributed by atoms with Gasteiger partial charge in [0.15, 0.2) is 0 Å². The lowest BCUT2D eigenvalue weighted by Gasteiger charge is -2.05. The molecule has 0 bridgehead atoms. The average Bonchev–Trinajstić information content (AvgIpc) is 2.43. The molecule has 0 aromatic rings. The van der Waals surface area contributed by atoms with Gasteiger partial charge >= 0.3 is 0 Å². The Morgan fingerprint density at radius 1 is 0.550 bits per heavy atom. The zero-order valence-electron chi connectivity index (χ0n) is 14.5. The van der Waals surface area contributed by atoms with Gasteiger partial charge in [-0.25, -0.2) is 0 Å². The Balaban J connectivity index is 2.92. The van der Waals surface area contributed by atoms with Crippen molar-refractivity contribution < 1.29 is 0 Å². The summed E-state index contributed by atoms with van der Waals surface area (Å²) in [4.78, 5) is 0. The summed E-state index contributed by atoms with van der Waals surface area (Å²) in [6.07, 6.45) is 22.8. The van der Waals surface area contributed by atoms with Crippen LogP contribution in [-0.2, 0) is 0 Å². The van der Waals surface area contributed by atoms with E-state index in [9.17, 15) is 0 Å². The molecule has 0 unspecified atom stereocenters. The third kappa shape index (κ3) is 18.0. The van der Waals surface area contributed by atoms with Crippen LogP contribution >= 0.6 is 0 Å². The smallest absolute Gasteiger partial charge is 0.00104 e. The zero-order valence-corrected chi connectivity index (χ0v) is 14.5. The second kappa shape index (κ2) is 17.0. The molecule has 0 aliphatic rings. The number of nitrogens with two attached hydrogens (primary N) is 1. The average molecular weight is 284 g/mol. The predicted octanol–water partition coefficient (Wildman–Crippen LogP) is 6.60. The van der Waals surface area contributed by atoms with Crippen molar-refractivity contribution in [2.24, 2.45) is 5.73 Å². The maximum Gasteiger partial charge on any atom is 0.00104 e. The van der Waals surface area contributed by atoms with E-state index in [0.29, 0.717) is 6.04 Å². The molecule has 0 radical (unpaired) electrons. The van der Waals surface area contributed by atoms with Gasteiger partial charge in [0.2, 0.25) is 0 Å². The van der Waals surface area contributed by atoms with Crippen LogP contribution in [0.25, 0.3) is 0 Å². The monoisotopic (exact) mass is 283 g/mol. The molecular formula is C19H41N. The molecule has 0 amide bonds. The van der Waals surface area contributed by atoms with Gasteiger partial charge in [-0.05, 0) is 13.3 Å². The molecule has 1 nitrogen and oxygen atoms in total. The molecule has 0 fully saturated rings. The molecule has 1 heteroatoms. The van der Waals surface area contributed by atoms with Crippen molar-refractivity contribution in [1.82, 2.24) is 0 Å². The highest BCUT2D eigenvalue weighted by atomic mass is 14.6. The molecule has 0 aliphatic carbocycles. The van der Waals surface area contributed by atoms with Gasteiger partial charge in [0.1, 0.15) is 0 Å². The van der Waals surface area contributed by atoms with Crippen LogP contribution in [0, 0.1) is 0 Å². The molecule has 0 aromatic carbocycles. The number of rotatable bonds is 16. The zero-order chi connectivity index (χ0) is 14.9. The highest BCUT2D eigenvalue weighted by Crippen LogP contribution is 2.13. The summed E-state index contributed by atoms with van der Waals surface area (Å²) < 4.78 is 0. The fourth-order valence-corrected chi connectivity index (χ4v) is 2.84. The molecule has 0 aromatic heterocycles. The minimum Gasteiger partial charge on any atom is -0.328 e. The van der Waals surface area contributed by atoms with Crippen LogP contribution in [0.1, 0.15) is 117 Å². The predicted molar refractivity (Wildman–Crippen MR) is 93.2 cm³/mol. The number of hydrogen-bond acceptors (Lipinski definition) is 1. The minimum absolute atomic E-state index is 0.400. The Morgan fingerprint density at radius 2 is 0.850 bits per heavy atom. The summed E-state index contributed by atoms with van der Waals surface area (Å²) >= 11 is 0. The van der Waals surface area contributed by atoms with Gasteiger partial charge in [-0.2, -0.15) is 0 Å². The highest BCUT2D eigenvalue weighted by molar-refractivity contribution is 4.54. The van der Waals surface area contributed by atoms with Crippen molar-refractivity contribution in [2.45, 2.75) is 123 Å². The van der Waals surface area contributed by atoms with Crippen molar-refractivity contribution in [2.75, 3.05) is 0 Å². The first-order valence-electron chi connectivity index (χ1n) is 9.53. The van der Waals surface area contributed by atoms with Crippen LogP contribution in [0.4, 0.5) is 0 Å². The Hall–Kier alpha value is -0.0400. The summed E-state index contributed by atoms with van der Waals surface area (Å²) in [7, 11) is 0. The first kappa shape index (κ1) is 20.0. The normalized spacial score (nSPS) is 12.8. The van der Waals surface area contributed by atoms with Crippen LogP contribution < -0.4 is 5.73 Å².